The highest BCUT2D eigenvalue weighted by Crippen LogP contribution is 2.13. The molecule has 2 aromatic carbocycles. The molecule has 0 bridgehead atoms. The lowest BCUT2D eigenvalue weighted by Crippen LogP contribution is -2.29. The molecule has 0 aliphatic carbocycles. The lowest BCUT2D eigenvalue weighted by molar-refractivity contribution is 0.322. The van der Waals surface area contributed by atoms with Crippen LogP contribution in [0.25, 0.3) is 0 Å². The summed E-state index contributed by atoms with van der Waals surface area (Å²) in [5.74, 6) is -0.208. The number of rotatable bonds is 9. The van der Waals surface area contributed by atoms with E-state index >= 15 is 0 Å². The smallest absolute Gasteiger partial charge is 0.216 e. The predicted octanol–water partition coefficient (Wildman–Crippen LogP) is 3.28. The average Bonchev–Trinajstić information content (AvgIpc) is 2.55. The first-order valence-corrected chi connectivity index (χ1v) is 9.58. The van der Waals surface area contributed by atoms with Crippen molar-refractivity contribution in [1.29, 1.82) is 0 Å². The zero-order valence-corrected chi connectivity index (χ0v) is 14.5. The van der Waals surface area contributed by atoms with E-state index in [1.807, 2.05) is 24.3 Å². The Labute approximate surface area is 142 Å². The minimum Gasteiger partial charge on any atom is -0.492 e. The summed E-state index contributed by atoms with van der Waals surface area (Å²) in [6, 6.07) is 13.6. The van der Waals surface area contributed by atoms with Crippen LogP contribution in [-0.4, -0.2) is 21.6 Å². The second kappa shape index (κ2) is 8.80. The summed E-state index contributed by atoms with van der Waals surface area (Å²) in [6.45, 7) is 2.47. The van der Waals surface area contributed by atoms with E-state index in [1.54, 1.807) is 6.07 Å². The number of hydrogen-bond acceptors (Lipinski definition) is 3. The minimum absolute atomic E-state index is 0.132. The highest BCUT2D eigenvalue weighted by Gasteiger charge is 2.13. The molecule has 0 saturated heterocycles. The average molecular weight is 351 g/mol. The second-order valence-electron chi connectivity index (χ2n) is 5.49. The number of halogens is 1. The van der Waals surface area contributed by atoms with E-state index in [2.05, 4.69) is 11.6 Å². The Morgan fingerprint density at radius 1 is 1.08 bits per heavy atom. The van der Waals surface area contributed by atoms with Crippen LogP contribution in [0.3, 0.4) is 0 Å². The van der Waals surface area contributed by atoms with Gasteiger partial charge in [-0.2, -0.15) is 0 Å². The summed E-state index contributed by atoms with van der Waals surface area (Å²) in [6.07, 6.45) is 2.11. The molecule has 0 aliphatic rings. The van der Waals surface area contributed by atoms with Gasteiger partial charge in [0.1, 0.15) is 18.2 Å². The molecule has 0 spiro atoms. The largest absolute Gasteiger partial charge is 0.492 e. The summed E-state index contributed by atoms with van der Waals surface area (Å²) >= 11 is 0. The zero-order valence-electron chi connectivity index (χ0n) is 13.7. The van der Waals surface area contributed by atoms with Crippen LogP contribution in [0.2, 0.25) is 0 Å². The van der Waals surface area contributed by atoms with Crippen LogP contribution in [0.4, 0.5) is 4.39 Å². The lowest BCUT2D eigenvalue weighted by atomic mass is 10.1. The lowest BCUT2D eigenvalue weighted by Gasteiger charge is -2.09. The first kappa shape index (κ1) is 18.4. The standard InChI is InChI=1S/C18H22FNO3S/c1-2-5-15-8-10-17(11-9-15)23-13-12-20-24(21,22)14-16-6-3-4-7-18(16)19/h3-4,6-11,20H,2,5,12-14H2,1H3. The van der Waals surface area contributed by atoms with Crippen molar-refractivity contribution in [3.8, 4) is 5.75 Å². The molecule has 0 fully saturated rings. The first-order valence-electron chi connectivity index (χ1n) is 7.92. The van der Waals surface area contributed by atoms with Crippen molar-refractivity contribution in [3.05, 3.63) is 65.5 Å². The minimum atomic E-state index is -3.60. The van der Waals surface area contributed by atoms with Crippen molar-refractivity contribution < 1.29 is 17.5 Å². The van der Waals surface area contributed by atoms with Gasteiger partial charge in [-0.3, -0.25) is 0 Å². The molecule has 0 amide bonds. The monoisotopic (exact) mass is 351 g/mol. The Bertz CT molecular complexity index is 745. The maximum absolute atomic E-state index is 13.5. The van der Waals surface area contributed by atoms with Gasteiger partial charge < -0.3 is 4.74 Å². The summed E-state index contributed by atoms with van der Waals surface area (Å²) in [7, 11) is -3.60. The molecular weight excluding hydrogens is 329 g/mol. The van der Waals surface area contributed by atoms with E-state index in [0.717, 1.165) is 12.8 Å². The Morgan fingerprint density at radius 2 is 1.79 bits per heavy atom. The van der Waals surface area contributed by atoms with Crippen molar-refractivity contribution in [1.82, 2.24) is 4.72 Å². The molecule has 0 heterocycles. The molecule has 24 heavy (non-hydrogen) atoms. The topological polar surface area (TPSA) is 55.4 Å². The van der Waals surface area contributed by atoms with Gasteiger partial charge in [-0.05, 0) is 30.2 Å². The van der Waals surface area contributed by atoms with Gasteiger partial charge in [0.2, 0.25) is 10.0 Å². The van der Waals surface area contributed by atoms with E-state index in [0.29, 0.717) is 5.75 Å². The van der Waals surface area contributed by atoms with Crippen LogP contribution < -0.4 is 9.46 Å². The van der Waals surface area contributed by atoms with Gasteiger partial charge >= 0.3 is 0 Å². The number of aryl methyl sites for hydroxylation is 1. The highest BCUT2D eigenvalue weighted by molar-refractivity contribution is 7.88. The third-order valence-electron chi connectivity index (χ3n) is 3.46. The number of hydrogen-bond donors (Lipinski definition) is 1. The Morgan fingerprint density at radius 3 is 2.46 bits per heavy atom. The van der Waals surface area contributed by atoms with Gasteiger partial charge in [-0.25, -0.2) is 17.5 Å². The van der Waals surface area contributed by atoms with E-state index in [4.69, 9.17) is 4.74 Å². The molecular formula is C18H22FNO3S. The van der Waals surface area contributed by atoms with Crippen molar-refractivity contribution in [2.24, 2.45) is 0 Å². The fraction of sp³-hybridized carbons (Fsp3) is 0.333. The molecule has 0 saturated carbocycles. The third-order valence-corrected chi connectivity index (χ3v) is 4.79. The molecule has 6 heteroatoms. The van der Waals surface area contributed by atoms with Crippen LogP contribution in [-0.2, 0) is 22.2 Å². The molecule has 130 valence electrons. The van der Waals surface area contributed by atoms with Gasteiger partial charge in [0.15, 0.2) is 0 Å². The number of benzene rings is 2. The van der Waals surface area contributed by atoms with Crippen LogP contribution in [0.1, 0.15) is 24.5 Å². The molecule has 4 nitrogen and oxygen atoms in total. The van der Waals surface area contributed by atoms with Crippen molar-refractivity contribution in [2.45, 2.75) is 25.5 Å². The Kier molecular flexibility index (Phi) is 6.75. The summed E-state index contributed by atoms with van der Waals surface area (Å²) in [4.78, 5) is 0. The van der Waals surface area contributed by atoms with E-state index in [1.165, 1.54) is 23.8 Å². The van der Waals surface area contributed by atoms with Gasteiger partial charge in [0, 0.05) is 12.1 Å². The molecule has 0 unspecified atom stereocenters. The van der Waals surface area contributed by atoms with Gasteiger partial charge in [-0.1, -0.05) is 43.7 Å². The van der Waals surface area contributed by atoms with Crippen LogP contribution in [0, 0.1) is 5.82 Å². The SMILES string of the molecule is CCCc1ccc(OCCNS(=O)(=O)Cc2ccccc2F)cc1. The number of ether oxygens (including phenoxy) is 1. The van der Waals surface area contributed by atoms with E-state index < -0.39 is 15.8 Å². The van der Waals surface area contributed by atoms with Gasteiger partial charge in [0.25, 0.3) is 0 Å². The van der Waals surface area contributed by atoms with Crippen LogP contribution >= 0.6 is 0 Å². The normalized spacial score (nSPS) is 11.4. The van der Waals surface area contributed by atoms with Gasteiger partial charge in [0.05, 0.1) is 5.75 Å². The molecule has 2 rings (SSSR count). The summed E-state index contributed by atoms with van der Waals surface area (Å²) in [5, 5.41) is 0. The Hall–Kier alpha value is -1.92. The predicted molar refractivity (Wildman–Crippen MR) is 93.0 cm³/mol. The van der Waals surface area contributed by atoms with Crippen molar-refractivity contribution in [3.63, 3.8) is 0 Å². The highest BCUT2D eigenvalue weighted by atomic mass is 32.2. The van der Waals surface area contributed by atoms with Crippen molar-refractivity contribution in [2.75, 3.05) is 13.2 Å². The van der Waals surface area contributed by atoms with E-state index in [9.17, 15) is 12.8 Å². The molecule has 2 aromatic rings. The quantitative estimate of drug-likeness (QED) is 0.706. The molecule has 0 aliphatic heterocycles. The fourth-order valence-corrected chi connectivity index (χ4v) is 3.42. The number of nitrogens with one attached hydrogen (secondary N) is 1. The van der Waals surface area contributed by atoms with Gasteiger partial charge in [-0.15, -0.1) is 0 Å². The number of sulfonamides is 1. The maximum atomic E-state index is 13.5. The summed E-state index contributed by atoms with van der Waals surface area (Å²) in [5.41, 5.74) is 1.40. The van der Waals surface area contributed by atoms with Crippen LogP contribution in [0.5, 0.6) is 5.75 Å². The molecule has 0 atom stereocenters. The van der Waals surface area contributed by atoms with Crippen molar-refractivity contribution >= 4 is 10.0 Å². The third kappa shape index (κ3) is 5.94. The Balaban J connectivity index is 1.77. The van der Waals surface area contributed by atoms with E-state index in [-0.39, 0.29) is 24.5 Å². The second-order valence-corrected chi connectivity index (χ2v) is 7.29. The summed E-state index contributed by atoms with van der Waals surface area (Å²) < 4.78 is 45.3. The first-order chi connectivity index (χ1) is 11.5. The van der Waals surface area contributed by atoms with Crippen LogP contribution in [0.15, 0.2) is 48.5 Å². The fourth-order valence-electron chi connectivity index (χ4n) is 2.28. The molecule has 0 aromatic heterocycles. The maximum Gasteiger partial charge on any atom is 0.216 e. The molecule has 1 N–H and O–H groups in total. The molecule has 0 radical (unpaired) electrons. The zero-order chi connectivity index (χ0) is 17.4.